The lowest BCUT2D eigenvalue weighted by Crippen LogP contribution is -2.32. The Bertz CT molecular complexity index is 454. The first-order chi connectivity index (χ1) is 7.68. The highest BCUT2D eigenvalue weighted by Gasteiger charge is 2.24. The van der Waals surface area contributed by atoms with Gasteiger partial charge in [-0.05, 0) is 12.1 Å². The van der Waals surface area contributed by atoms with Crippen molar-refractivity contribution in [1.82, 2.24) is 5.43 Å². The van der Waals surface area contributed by atoms with Gasteiger partial charge in [-0.15, -0.1) is 0 Å². The number of carbonyl (C=O) groups excluding carboxylic acids is 2. The van der Waals surface area contributed by atoms with E-state index >= 15 is 0 Å². The zero-order valence-electron chi connectivity index (χ0n) is 8.80. The average molecular weight is 217 g/mol. The molecule has 0 aliphatic carbocycles. The second-order valence-electron chi connectivity index (χ2n) is 3.47. The van der Waals surface area contributed by atoms with Crippen LogP contribution in [0.1, 0.15) is 6.42 Å². The van der Waals surface area contributed by atoms with Crippen molar-refractivity contribution >= 4 is 23.2 Å². The van der Waals surface area contributed by atoms with Crippen LogP contribution in [0.4, 0.5) is 5.69 Å². The van der Waals surface area contributed by atoms with Crippen molar-refractivity contribution in [3.8, 4) is 0 Å². The molecule has 0 unspecified atom stereocenters. The van der Waals surface area contributed by atoms with E-state index in [1.54, 1.807) is 7.05 Å². The van der Waals surface area contributed by atoms with Crippen molar-refractivity contribution in [3.63, 3.8) is 0 Å². The van der Waals surface area contributed by atoms with Crippen molar-refractivity contribution in [2.45, 2.75) is 6.42 Å². The van der Waals surface area contributed by atoms with Crippen molar-refractivity contribution < 1.29 is 9.59 Å². The quantitative estimate of drug-likeness (QED) is 0.785. The number of carbonyl (C=O) groups is 2. The SMILES string of the molecule is CN(C(=O)C1=NNC(=O)C1)c1ccccc1. The molecule has 1 aromatic rings. The van der Waals surface area contributed by atoms with Crippen LogP contribution >= 0.6 is 0 Å². The summed E-state index contributed by atoms with van der Waals surface area (Å²) in [6, 6.07) is 9.21. The van der Waals surface area contributed by atoms with Crippen LogP contribution in [0.3, 0.4) is 0 Å². The van der Waals surface area contributed by atoms with Gasteiger partial charge in [0, 0.05) is 12.7 Å². The van der Waals surface area contributed by atoms with E-state index in [0.29, 0.717) is 0 Å². The number of nitrogens with zero attached hydrogens (tertiary/aromatic N) is 2. The third kappa shape index (κ3) is 1.93. The molecule has 1 aliphatic rings. The van der Waals surface area contributed by atoms with Crippen LogP contribution in [-0.2, 0) is 9.59 Å². The number of anilines is 1. The number of nitrogens with one attached hydrogen (secondary N) is 1. The van der Waals surface area contributed by atoms with Gasteiger partial charge < -0.3 is 4.90 Å². The summed E-state index contributed by atoms with van der Waals surface area (Å²) < 4.78 is 0. The average Bonchev–Trinajstić information content (AvgIpc) is 2.75. The molecule has 0 bridgehead atoms. The van der Waals surface area contributed by atoms with Gasteiger partial charge in [-0.25, -0.2) is 5.43 Å². The van der Waals surface area contributed by atoms with E-state index in [9.17, 15) is 9.59 Å². The Morgan fingerprint density at radius 3 is 2.62 bits per heavy atom. The fourth-order valence-corrected chi connectivity index (χ4v) is 1.45. The Hall–Kier alpha value is -2.17. The van der Waals surface area contributed by atoms with Crippen molar-refractivity contribution in [2.75, 3.05) is 11.9 Å². The first-order valence-corrected chi connectivity index (χ1v) is 4.87. The molecule has 0 aromatic heterocycles. The van der Waals surface area contributed by atoms with Crippen LogP contribution in [0.15, 0.2) is 35.4 Å². The predicted molar refractivity (Wildman–Crippen MR) is 60.0 cm³/mol. The largest absolute Gasteiger partial charge is 0.310 e. The molecule has 5 nitrogen and oxygen atoms in total. The van der Waals surface area contributed by atoms with Crippen LogP contribution in [0.2, 0.25) is 0 Å². The van der Waals surface area contributed by atoms with Crippen molar-refractivity contribution in [3.05, 3.63) is 30.3 Å². The lowest BCUT2D eigenvalue weighted by atomic mass is 10.2. The highest BCUT2D eigenvalue weighted by Crippen LogP contribution is 2.12. The molecular weight excluding hydrogens is 206 g/mol. The number of benzene rings is 1. The summed E-state index contributed by atoms with van der Waals surface area (Å²) in [6.45, 7) is 0. The molecule has 2 amide bonds. The fourth-order valence-electron chi connectivity index (χ4n) is 1.45. The second-order valence-corrected chi connectivity index (χ2v) is 3.47. The number of hydrazone groups is 1. The molecule has 82 valence electrons. The lowest BCUT2D eigenvalue weighted by Gasteiger charge is -2.16. The molecule has 0 saturated heterocycles. The van der Waals surface area contributed by atoms with E-state index in [0.717, 1.165) is 5.69 Å². The zero-order chi connectivity index (χ0) is 11.5. The van der Waals surface area contributed by atoms with Gasteiger partial charge in [0.2, 0.25) is 5.91 Å². The smallest absolute Gasteiger partial charge is 0.274 e. The number of para-hydroxylation sites is 1. The fraction of sp³-hybridized carbons (Fsp3) is 0.182. The summed E-state index contributed by atoms with van der Waals surface area (Å²) in [5.41, 5.74) is 3.28. The first-order valence-electron chi connectivity index (χ1n) is 4.87. The number of hydrogen-bond acceptors (Lipinski definition) is 3. The molecule has 1 aliphatic heterocycles. The van der Waals surface area contributed by atoms with Crippen molar-refractivity contribution in [1.29, 1.82) is 0 Å². The highest BCUT2D eigenvalue weighted by atomic mass is 16.2. The Morgan fingerprint density at radius 1 is 1.38 bits per heavy atom. The van der Waals surface area contributed by atoms with Gasteiger partial charge in [0.05, 0.1) is 6.42 Å². The van der Waals surface area contributed by atoms with Crippen LogP contribution in [0.25, 0.3) is 0 Å². The zero-order valence-corrected chi connectivity index (χ0v) is 8.80. The molecule has 1 heterocycles. The van der Waals surface area contributed by atoms with Crippen LogP contribution in [0, 0.1) is 0 Å². The van der Waals surface area contributed by atoms with Gasteiger partial charge in [0.25, 0.3) is 5.91 Å². The molecule has 1 aromatic carbocycles. The minimum atomic E-state index is -0.260. The third-order valence-corrected chi connectivity index (χ3v) is 2.34. The summed E-state index contributed by atoms with van der Waals surface area (Å²) in [4.78, 5) is 24.3. The Labute approximate surface area is 92.7 Å². The molecule has 5 heteroatoms. The number of rotatable bonds is 2. The van der Waals surface area contributed by atoms with Crippen LogP contribution in [0.5, 0.6) is 0 Å². The minimum Gasteiger partial charge on any atom is -0.310 e. The summed E-state index contributed by atoms with van der Waals surface area (Å²) in [5, 5.41) is 3.69. The van der Waals surface area contributed by atoms with Gasteiger partial charge in [-0.3, -0.25) is 9.59 Å². The molecule has 0 spiro atoms. The minimum absolute atomic E-state index is 0.0516. The molecule has 0 atom stereocenters. The summed E-state index contributed by atoms with van der Waals surface area (Å²) in [7, 11) is 1.66. The van der Waals surface area contributed by atoms with E-state index in [1.165, 1.54) is 4.90 Å². The molecule has 0 fully saturated rings. The van der Waals surface area contributed by atoms with E-state index in [-0.39, 0.29) is 23.9 Å². The van der Waals surface area contributed by atoms with Gasteiger partial charge in [0.15, 0.2) is 0 Å². The summed E-state index contributed by atoms with van der Waals surface area (Å²) >= 11 is 0. The lowest BCUT2D eigenvalue weighted by molar-refractivity contribution is -0.119. The number of hydrogen-bond donors (Lipinski definition) is 1. The predicted octanol–water partition coefficient (Wildman–Crippen LogP) is 0.525. The highest BCUT2D eigenvalue weighted by molar-refractivity contribution is 6.47. The molecule has 2 rings (SSSR count). The maximum absolute atomic E-state index is 11.9. The van der Waals surface area contributed by atoms with Gasteiger partial charge in [0.1, 0.15) is 5.71 Å². The topological polar surface area (TPSA) is 61.8 Å². The molecule has 1 N–H and O–H groups in total. The standard InChI is InChI=1S/C11H11N3O2/c1-14(8-5-3-2-4-6-8)11(16)9-7-10(15)13-12-9/h2-6H,7H2,1H3,(H,13,15). The Kier molecular flexibility index (Phi) is 2.68. The van der Waals surface area contributed by atoms with E-state index in [1.807, 2.05) is 30.3 Å². The van der Waals surface area contributed by atoms with E-state index < -0.39 is 0 Å². The normalized spacial score (nSPS) is 14.3. The van der Waals surface area contributed by atoms with Crippen molar-refractivity contribution in [2.24, 2.45) is 5.10 Å². The maximum atomic E-state index is 11.9. The Balaban J connectivity index is 2.14. The summed E-state index contributed by atoms with van der Waals surface area (Å²) in [5.74, 6) is -0.505. The van der Waals surface area contributed by atoms with Gasteiger partial charge in [-0.1, -0.05) is 18.2 Å². The molecule has 16 heavy (non-hydrogen) atoms. The molecule has 0 radical (unpaired) electrons. The molecule has 0 saturated carbocycles. The first kappa shape index (κ1) is 10.4. The van der Waals surface area contributed by atoms with Crippen LogP contribution < -0.4 is 10.3 Å². The van der Waals surface area contributed by atoms with Crippen LogP contribution in [-0.4, -0.2) is 24.6 Å². The Morgan fingerprint density at radius 2 is 2.06 bits per heavy atom. The number of amides is 2. The monoisotopic (exact) mass is 217 g/mol. The van der Waals surface area contributed by atoms with E-state index in [2.05, 4.69) is 10.5 Å². The van der Waals surface area contributed by atoms with Gasteiger partial charge in [-0.2, -0.15) is 5.10 Å². The third-order valence-electron chi connectivity index (χ3n) is 2.34. The van der Waals surface area contributed by atoms with E-state index in [4.69, 9.17) is 0 Å². The second kappa shape index (κ2) is 4.14. The molecular formula is C11H11N3O2. The van der Waals surface area contributed by atoms with Gasteiger partial charge >= 0.3 is 0 Å². The maximum Gasteiger partial charge on any atom is 0.274 e. The summed E-state index contributed by atoms with van der Waals surface area (Å²) in [6.07, 6.45) is 0.0516.